The number of hydrogen-bond acceptors (Lipinski definition) is 1. The Kier molecular flexibility index (Phi) is 5.28. The molecule has 0 aliphatic heterocycles. The topological polar surface area (TPSA) is 0 Å². The van der Waals surface area contributed by atoms with Gasteiger partial charge in [0.2, 0.25) is 0 Å². The third-order valence-corrected chi connectivity index (χ3v) is 3.18. The van der Waals surface area contributed by atoms with Crippen molar-refractivity contribution in [1.29, 1.82) is 0 Å². The second-order valence-electron chi connectivity index (χ2n) is 3.09. The monoisotopic (exact) mass is 288 g/mol. The van der Waals surface area contributed by atoms with E-state index in [2.05, 4.69) is 0 Å². The van der Waals surface area contributed by atoms with Crippen molar-refractivity contribution in [2.24, 2.45) is 0 Å². The highest BCUT2D eigenvalue weighted by molar-refractivity contribution is 8.00. The zero-order valence-corrected chi connectivity index (χ0v) is 10.5. The largest absolute Gasteiger partial charge is 0.446 e. The van der Waals surface area contributed by atoms with Gasteiger partial charge < -0.3 is 0 Å². The molecule has 0 unspecified atom stereocenters. The lowest BCUT2D eigenvalue weighted by Gasteiger charge is -2.08. The first kappa shape index (κ1) is 14.0. The fourth-order valence-corrected chi connectivity index (χ4v) is 2.24. The summed E-state index contributed by atoms with van der Waals surface area (Å²) in [5, 5.41) is 0.361. The molecule has 0 saturated heterocycles. The average molecular weight is 289 g/mol. The molecule has 1 rings (SSSR count). The van der Waals surface area contributed by atoms with Crippen LogP contribution in [0.5, 0.6) is 0 Å². The predicted molar refractivity (Wildman–Crippen MR) is 62.4 cm³/mol. The first-order valence-corrected chi connectivity index (χ1v) is 6.25. The highest BCUT2D eigenvalue weighted by atomic mass is 35.5. The Morgan fingerprint density at radius 2 is 1.94 bits per heavy atom. The van der Waals surface area contributed by atoms with Crippen molar-refractivity contribution in [3.05, 3.63) is 28.8 Å². The van der Waals surface area contributed by atoms with Gasteiger partial charge in [-0.15, -0.1) is 11.6 Å². The quantitative estimate of drug-likeness (QED) is 0.547. The Morgan fingerprint density at radius 1 is 1.25 bits per heavy atom. The average Bonchev–Trinajstić information content (AvgIpc) is 2.14. The van der Waals surface area contributed by atoms with Crippen LogP contribution in [0.3, 0.4) is 0 Å². The van der Waals surface area contributed by atoms with Gasteiger partial charge in [-0.2, -0.15) is 13.2 Å². The standard InChI is InChI=1S/C10H9Cl2F3S/c11-5-1-2-7-3-4-8(6-9(7)12)16-10(13,14)15/h3-4,6H,1-2,5H2. The first-order valence-electron chi connectivity index (χ1n) is 4.52. The molecule has 0 N–H and O–H groups in total. The van der Waals surface area contributed by atoms with Crippen LogP contribution in [0.4, 0.5) is 13.2 Å². The lowest BCUT2D eigenvalue weighted by atomic mass is 10.1. The molecule has 1 aromatic carbocycles. The normalized spacial score (nSPS) is 11.8. The van der Waals surface area contributed by atoms with E-state index in [1.54, 1.807) is 6.07 Å². The molecule has 0 spiro atoms. The summed E-state index contributed by atoms with van der Waals surface area (Å²) in [6.07, 6.45) is 1.44. The third kappa shape index (κ3) is 4.85. The van der Waals surface area contributed by atoms with Gasteiger partial charge in [0, 0.05) is 15.8 Å². The molecule has 90 valence electrons. The zero-order valence-electron chi connectivity index (χ0n) is 8.15. The maximum absolute atomic E-state index is 12.1. The van der Waals surface area contributed by atoms with Gasteiger partial charge in [0.25, 0.3) is 0 Å². The van der Waals surface area contributed by atoms with E-state index in [1.165, 1.54) is 12.1 Å². The van der Waals surface area contributed by atoms with Crippen LogP contribution in [0.2, 0.25) is 5.02 Å². The van der Waals surface area contributed by atoms with E-state index >= 15 is 0 Å². The SMILES string of the molecule is FC(F)(F)Sc1ccc(CCCCl)c(Cl)c1. The minimum absolute atomic E-state index is 0.104. The van der Waals surface area contributed by atoms with Crippen molar-refractivity contribution in [1.82, 2.24) is 0 Å². The van der Waals surface area contributed by atoms with E-state index in [1.807, 2.05) is 0 Å². The molecule has 0 aromatic heterocycles. The van der Waals surface area contributed by atoms with Crippen LogP contribution in [-0.4, -0.2) is 11.4 Å². The first-order chi connectivity index (χ1) is 7.42. The number of thioether (sulfide) groups is 1. The van der Waals surface area contributed by atoms with Crippen molar-refractivity contribution < 1.29 is 13.2 Å². The van der Waals surface area contributed by atoms with E-state index in [0.29, 0.717) is 17.3 Å². The number of hydrogen-bond donors (Lipinski definition) is 0. The van der Waals surface area contributed by atoms with Crippen molar-refractivity contribution in [2.75, 3.05) is 5.88 Å². The van der Waals surface area contributed by atoms with E-state index < -0.39 is 5.51 Å². The molecule has 0 atom stereocenters. The van der Waals surface area contributed by atoms with Crippen molar-refractivity contribution in [3.8, 4) is 0 Å². The Morgan fingerprint density at radius 3 is 2.44 bits per heavy atom. The van der Waals surface area contributed by atoms with Gasteiger partial charge in [-0.05, 0) is 42.3 Å². The lowest BCUT2D eigenvalue weighted by Crippen LogP contribution is -1.99. The van der Waals surface area contributed by atoms with Gasteiger partial charge in [-0.3, -0.25) is 0 Å². The molecule has 0 saturated carbocycles. The zero-order chi connectivity index (χ0) is 12.2. The Bertz CT molecular complexity index is 352. The van der Waals surface area contributed by atoms with Crippen LogP contribution in [0, 0.1) is 0 Å². The van der Waals surface area contributed by atoms with Gasteiger partial charge in [-0.25, -0.2) is 0 Å². The summed E-state index contributed by atoms with van der Waals surface area (Å²) in [5.41, 5.74) is -3.45. The smallest absolute Gasteiger partial charge is 0.160 e. The second-order valence-corrected chi connectivity index (χ2v) is 5.02. The number of alkyl halides is 4. The van der Waals surface area contributed by atoms with Crippen LogP contribution >= 0.6 is 35.0 Å². The van der Waals surface area contributed by atoms with E-state index in [4.69, 9.17) is 23.2 Å². The third-order valence-electron chi connectivity index (χ3n) is 1.84. The van der Waals surface area contributed by atoms with E-state index in [9.17, 15) is 13.2 Å². The van der Waals surface area contributed by atoms with Crippen LogP contribution < -0.4 is 0 Å². The number of rotatable bonds is 4. The fraction of sp³-hybridized carbons (Fsp3) is 0.400. The van der Waals surface area contributed by atoms with Gasteiger partial charge in [0.05, 0.1) is 0 Å². The molecule has 0 radical (unpaired) electrons. The van der Waals surface area contributed by atoms with Crippen molar-refractivity contribution in [2.45, 2.75) is 23.2 Å². The lowest BCUT2D eigenvalue weighted by molar-refractivity contribution is -0.0328. The summed E-state index contributed by atoms with van der Waals surface area (Å²) >= 11 is 11.2. The number of aryl methyl sites for hydroxylation is 1. The van der Waals surface area contributed by atoms with Gasteiger partial charge >= 0.3 is 5.51 Å². The molecular formula is C10H9Cl2F3S. The molecule has 0 amide bonds. The minimum Gasteiger partial charge on any atom is -0.160 e. The van der Waals surface area contributed by atoms with E-state index in [-0.39, 0.29) is 16.7 Å². The predicted octanol–water partition coefficient (Wildman–Crippen LogP) is 5.12. The summed E-state index contributed by atoms with van der Waals surface area (Å²) in [5.74, 6) is 0.509. The van der Waals surface area contributed by atoms with Crippen LogP contribution in [0.15, 0.2) is 23.1 Å². The molecule has 16 heavy (non-hydrogen) atoms. The molecular weight excluding hydrogens is 280 g/mol. The molecule has 0 nitrogen and oxygen atoms in total. The van der Waals surface area contributed by atoms with Crippen molar-refractivity contribution >= 4 is 35.0 Å². The summed E-state index contributed by atoms with van der Waals surface area (Å²) in [4.78, 5) is 0.104. The summed E-state index contributed by atoms with van der Waals surface area (Å²) < 4.78 is 36.2. The summed E-state index contributed by atoms with van der Waals surface area (Å²) in [6.45, 7) is 0. The molecule has 0 aliphatic rings. The van der Waals surface area contributed by atoms with Gasteiger partial charge in [0.15, 0.2) is 0 Å². The summed E-state index contributed by atoms with van der Waals surface area (Å²) in [7, 11) is 0. The molecule has 0 bridgehead atoms. The number of benzene rings is 1. The van der Waals surface area contributed by atoms with E-state index in [0.717, 1.165) is 12.0 Å². The summed E-state index contributed by atoms with van der Waals surface area (Å²) in [6, 6.07) is 4.37. The maximum atomic E-state index is 12.1. The van der Waals surface area contributed by atoms with Crippen LogP contribution in [0.1, 0.15) is 12.0 Å². The van der Waals surface area contributed by atoms with Gasteiger partial charge in [0.1, 0.15) is 0 Å². The Balaban J connectivity index is 2.74. The Hall–Kier alpha value is -0.0600. The highest BCUT2D eigenvalue weighted by Crippen LogP contribution is 2.38. The molecule has 0 heterocycles. The maximum Gasteiger partial charge on any atom is 0.446 e. The van der Waals surface area contributed by atoms with Crippen LogP contribution in [-0.2, 0) is 6.42 Å². The molecule has 0 aliphatic carbocycles. The fourth-order valence-electron chi connectivity index (χ4n) is 1.19. The van der Waals surface area contributed by atoms with Crippen molar-refractivity contribution in [3.63, 3.8) is 0 Å². The highest BCUT2D eigenvalue weighted by Gasteiger charge is 2.29. The van der Waals surface area contributed by atoms with Gasteiger partial charge in [-0.1, -0.05) is 17.7 Å². The Labute approximate surface area is 106 Å². The van der Waals surface area contributed by atoms with Crippen LogP contribution in [0.25, 0.3) is 0 Å². The minimum atomic E-state index is -4.28. The second kappa shape index (κ2) is 6.03. The molecule has 6 heteroatoms. The number of halogens is 5. The molecule has 0 fully saturated rings. The molecule has 1 aromatic rings.